The fourth-order valence-corrected chi connectivity index (χ4v) is 1.50. The molecule has 0 aliphatic heterocycles. The monoisotopic (exact) mass is 242 g/mol. The molecule has 0 radical (unpaired) electrons. The average Bonchev–Trinajstić information content (AvgIpc) is 2.40. The van der Waals surface area contributed by atoms with E-state index in [0.29, 0.717) is 23.6 Å². The van der Waals surface area contributed by atoms with Crippen LogP contribution in [0.25, 0.3) is 0 Å². The Morgan fingerprint density at radius 2 is 2.17 bits per heavy atom. The fraction of sp³-hybridized carbons (Fsp3) is 0.143. The SMILES string of the molecule is Cc1cc(OCc2ccnc(C#N)c2)ccc1F. The molecule has 0 aliphatic rings. The summed E-state index contributed by atoms with van der Waals surface area (Å²) in [5.41, 5.74) is 1.75. The highest BCUT2D eigenvalue weighted by atomic mass is 19.1. The Bertz CT molecular complexity index is 605. The summed E-state index contributed by atoms with van der Waals surface area (Å²) in [6.45, 7) is 2.00. The van der Waals surface area contributed by atoms with Crippen LogP contribution in [-0.4, -0.2) is 4.98 Å². The Morgan fingerprint density at radius 1 is 1.33 bits per heavy atom. The summed E-state index contributed by atoms with van der Waals surface area (Å²) < 4.78 is 18.6. The highest BCUT2D eigenvalue weighted by molar-refractivity contribution is 5.30. The molecule has 0 atom stereocenters. The molecular weight excluding hydrogens is 231 g/mol. The predicted octanol–water partition coefficient (Wildman–Crippen LogP) is 2.98. The first-order valence-corrected chi connectivity index (χ1v) is 5.43. The van der Waals surface area contributed by atoms with Gasteiger partial charge in [-0.1, -0.05) is 0 Å². The summed E-state index contributed by atoms with van der Waals surface area (Å²) in [6.07, 6.45) is 1.56. The summed E-state index contributed by atoms with van der Waals surface area (Å²) in [5, 5.41) is 8.72. The van der Waals surface area contributed by atoms with Gasteiger partial charge in [-0.15, -0.1) is 0 Å². The van der Waals surface area contributed by atoms with Gasteiger partial charge in [-0.3, -0.25) is 0 Å². The van der Waals surface area contributed by atoms with E-state index < -0.39 is 0 Å². The van der Waals surface area contributed by atoms with Crippen molar-refractivity contribution in [3.8, 4) is 11.8 Å². The Labute approximate surface area is 104 Å². The number of aryl methyl sites for hydroxylation is 1. The van der Waals surface area contributed by atoms with Crippen molar-refractivity contribution < 1.29 is 9.13 Å². The molecule has 0 bridgehead atoms. The van der Waals surface area contributed by atoms with Crippen molar-refractivity contribution in [1.82, 2.24) is 4.98 Å². The molecule has 1 heterocycles. The smallest absolute Gasteiger partial charge is 0.140 e. The van der Waals surface area contributed by atoms with Crippen LogP contribution in [0.4, 0.5) is 4.39 Å². The molecule has 0 N–H and O–H groups in total. The van der Waals surface area contributed by atoms with Crippen molar-refractivity contribution in [2.45, 2.75) is 13.5 Å². The number of nitrogens with zero attached hydrogens (tertiary/aromatic N) is 2. The van der Waals surface area contributed by atoms with E-state index >= 15 is 0 Å². The highest BCUT2D eigenvalue weighted by Gasteiger charge is 2.01. The normalized spacial score (nSPS) is 9.83. The number of rotatable bonds is 3. The van der Waals surface area contributed by atoms with Gasteiger partial charge in [-0.25, -0.2) is 9.37 Å². The molecule has 3 nitrogen and oxygen atoms in total. The molecule has 1 aromatic heterocycles. The van der Waals surface area contributed by atoms with Crippen molar-refractivity contribution in [2.24, 2.45) is 0 Å². The van der Waals surface area contributed by atoms with Crippen molar-refractivity contribution in [3.05, 3.63) is 59.2 Å². The topological polar surface area (TPSA) is 45.9 Å². The molecule has 0 unspecified atom stereocenters. The van der Waals surface area contributed by atoms with E-state index in [4.69, 9.17) is 10.00 Å². The van der Waals surface area contributed by atoms with Gasteiger partial charge in [-0.2, -0.15) is 5.26 Å². The minimum absolute atomic E-state index is 0.252. The average molecular weight is 242 g/mol. The van der Waals surface area contributed by atoms with Crippen LogP contribution in [0.15, 0.2) is 36.5 Å². The van der Waals surface area contributed by atoms with Crippen molar-refractivity contribution in [3.63, 3.8) is 0 Å². The summed E-state index contributed by atoms with van der Waals surface area (Å²) in [4.78, 5) is 3.87. The Hall–Kier alpha value is -2.41. The van der Waals surface area contributed by atoms with Gasteiger partial charge in [0.05, 0.1) is 0 Å². The number of aromatic nitrogens is 1. The number of benzene rings is 1. The van der Waals surface area contributed by atoms with E-state index in [2.05, 4.69) is 4.98 Å². The van der Waals surface area contributed by atoms with Crippen LogP contribution in [0.2, 0.25) is 0 Å². The zero-order valence-corrected chi connectivity index (χ0v) is 9.85. The number of nitriles is 1. The van der Waals surface area contributed by atoms with Gasteiger partial charge >= 0.3 is 0 Å². The van der Waals surface area contributed by atoms with Crippen LogP contribution in [0, 0.1) is 24.1 Å². The first kappa shape index (κ1) is 12.1. The lowest BCUT2D eigenvalue weighted by Crippen LogP contribution is -1.97. The molecule has 1 aromatic carbocycles. The van der Waals surface area contributed by atoms with Crippen LogP contribution < -0.4 is 4.74 Å². The third-order valence-electron chi connectivity index (χ3n) is 2.47. The van der Waals surface area contributed by atoms with Crippen LogP contribution in [0.5, 0.6) is 5.75 Å². The number of hydrogen-bond acceptors (Lipinski definition) is 3. The Balaban J connectivity index is 2.07. The molecule has 0 spiro atoms. The lowest BCUT2D eigenvalue weighted by atomic mass is 10.2. The van der Waals surface area contributed by atoms with E-state index in [-0.39, 0.29) is 5.82 Å². The van der Waals surface area contributed by atoms with E-state index in [1.807, 2.05) is 6.07 Å². The first-order valence-electron chi connectivity index (χ1n) is 5.43. The summed E-state index contributed by atoms with van der Waals surface area (Å²) >= 11 is 0. The summed E-state index contributed by atoms with van der Waals surface area (Å²) in [7, 11) is 0. The Morgan fingerprint density at radius 3 is 2.89 bits per heavy atom. The largest absolute Gasteiger partial charge is 0.489 e. The van der Waals surface area contributed by atoms with Crippen LogP contribution in [0.1, 0.15) is 16.8 Å². The van der Waals surface area contributed by atoms with Crippen LogP contribution in [-0.2, 0) is 6.61 Å². The van der Waals surface area contributed by atoms with Gasteiger partial charge in [0.2, 0.25) is 0 Å². The van der Waals surface area contributed by atoms with E-state index in [0.717, 1.165) is 5.56 Å². The standard InChI is InChI=1S/C14H11FN2O/c1-10-6-13(2-3-14(10)15)18-9-11-4-5-17-12(7-11)8-16/h2-7H,9H2,1H3. The molecule has 0 saturated carbocycles. The van der Waals surface area contributed by atoms with E-state index in [1.54, 1.807) is 37.4 Å². The van der Waals surface area contributed by atoms with Crippen LogP contribution in [0.3, 0.4) is 0 Å². The minimum Gasteiger partial charge on any atom is -0.489 e. The number of halogens is 1. The molecule has 0 aliphatic carbocycles. The first-order chi connectivity index (χ1) is 8.69. The van der Waals surface area contributed by atoms with Gasteiger partial charge < -0.3 is 4.74 Å². The predicted molar refractivity (Wildman–Crippen MR) is 64.4 cm³/mol. The maximum absolute atomic E-state index is 13.1. The second-order valence-corrected chi connectivity index (χ2v) is 3.86. The van der Waals surface area contributed by atoms with Gasteiger partial charge in [-0.05, 0) is 48.4 Å². The summed E-state index contributed by atoms with van der Waals surface area (Å²) in [5.74, 6) is 0.349. The molecule has 0 fully saturated rings. The lowest BCUT2D eigenvalue weighted by molar-refractivity contribution is 0.305. The zero-order valence-electron chi connectivity index (χ0n) is 9.85. The molecule has 18 heavy (non-hydrogen) atoms. The molecule has 2 rings (SSSR count). The summed E-state index contributed by atoms with van der Waals surface area (Å²) in [6, 6.07) is 10.00. The second-order valence-electron chi connectivity index (χ2n) is 3.86. The third-order valence-corrected chi connectivity index (χ3v) is 2.47. The molecule has 0 saturated heterocycles. The second kappa shape index (κ2) is 5.28. The molecule has 4 heteroatoms. The van der Waals surface area contributed by atoms with Crippen molar-refractivity contribution >= 4 is 0 Å². The minimum atomic E-state index is -0.252. The van der Waals surface area contributed by atoms with Gasteiger partial charge in [0, 0.05) is 6.20 Å². The fourth-order valence-electron chi connectivity index (χ4n) is 1.50. The number of hydrogen-bond donors (Lipinski definition) is 0. The molecular formula is C14H11FN2O. The highest BCUT2D eigenvalue weighted by Crippen LogP contribution is 2.17. The molecule has 90 valence electrons. The van der Waals surface area contributed by atoms with E-state index in [9.17, 15) is 4.39 Å². The zero-order chi connectivity index (χ0) is 13.0. The van der Waals surface area contributed by atoms with E-state index in [1.165, 1.54) is 6.07 Å². The lowest BCUT2D eigenvalue weighted by Gasteiger charge is -2.07. The Kier molecular flexibility index (Phi) is 3.54. The number of pyridine rings is 1. The van der Waals surface area contributed by atoms with Gasteiger partial charge in [0.25, 0.3) is 0 Å². The van der Waals surface area contributed by atoms with Gasteiger partial charge in [0.15, 0.2) is 0 Å². The molecule has 0 amide bonds. The third kappa shape index (κ3) is 2.83. The number of ether oxygens (including phenoxy) is 1. The van der Waals surface area contributed by atoms with Gasteiger partial charge in [0.1, 0.15) is 29.9 Å². The van der Waals surface area contributed by atoms with Crippen molar-refractivity contribution in [2.75, 3.05) is 0 Å². The van der Waals surface area contributed by atoms with Crippen LogP contribution >= 0.6 is 0 Å². The maximum atomic E-state index is 13.1. The molecule has 2 aromatic rings. The van der Waals surface area contributed by atoms with Crippen molar-refractivity contribution in [1.29, 1.82) is 5.26 Å². The maximum Gasteiger partial charge on any atom is 0.140 e. The quantitative estimate of drug-likeness (QED) is 0.831.